The van der Waals surface area contributed by atoms with Gasteiger partial charge in [-0.15, -0.1) is 11.3 Å². The van der Waals surface area contributed by atoms with Crippen molar-refractivity contribution in [1.29, 1.82) is 0 Å². The van der Waals surface area contributed by atoms with Crippen molar-refractivity contribution in [3.05, 3.63) is 15.6 Å². The summed E-state index contributed by atoms with van der Waals surface area (Å²) in [6.45, 7) is 1.35. The first-order valence-electron chi connectivity index (χ1n) is 5.31. The van der Waals surface area contributed by atoms with Crippen LogP contribution < -0.4 is 0 Å². The van der Waals surface area contributed by atoms with Gasteiger partial charge in [0.2, 0.25) is 0 Å². The van der Waals surface area contributed by atoms with Crippen molar-refractivity contribution in [3.63, 3.8) is 0 Å². The summed E-state index contributed by atoms with van der Waals surface area (Å²) >= 11 is 1.14. The Morgan fingerprint density at radius 2 is 2.12 bits per heavy atom. The number of ketones is 1. The molecule has 5 nitrogen and oxygen atoms in total. The normalized spacial score (nSPS) is 17.5. The Morgan fingerprint density at radius 3 is 2.41 bits per heavy atom. The van der Waals surface area contributed by atoms with Gasteiger partial charge in [-0.1, -0.05) is 0 Å². The zero-order valence-corrected chi connectivity index (χ0v) is 10.5. The van der Waals surface area contributed by atoms with Crippen molar-refractivity contribution >= 4 is 23.1 Å². The fraction of sp³-hybridized carbons (Fsp3) is 0.545. The molecule has 1 saturated carbocycles. The smallest absolute Gasteiger partial charge is 0.356 e. The van der Waals surface area contributed by atoms with E-state index in [-0.39, 0.29) is 16.4 Å². The van der Waals surface area contributed by atoms with Gasteiger partial charge in [-0.2, -0.15) is 0 Å². The molecule has 1 N–H and O–H groups in total. The number of methoxy groups -OCH3 is 1. The monoisotopic (exact) mass is 255 g/mol. The molecular weight excluding hydrogens is 242 g/mol. The predicted octanol–water partition coefficient (Wildman–Crippen LogP) is 2.07. The lowest BCUT2D eigenvalue weighted by Crippen LogP contribution is -2.36. The fourth-order valence-corrected chi connectivity index (χ4v) is 3.08. The van der Waals surface area contributed by atoms with Crippen LogP contribution in [0, 0.1) is 0 Å². The number of aromatic carboxylic acids is 1. The largest absolute Gasteiger partial charge is 0.476 e. The number of Topliss-reactive ketones (excluding diaryl/α,β-unsaturated/α-hetero) is 1. The lowest BCUT2D eigenvalue weighted by atomic mass is 9.80. The van der Waals surface area contributed by atoms with Gasteiger partial charge in [0.15, 0.2) is 11.5 Å². The molecule has 0 aromatic carbocycles. The van der Waals surface area contributed by atoms with Gasteiger partial charge < -0.3 is 9.84 Å². The van der Waals surface area contributed by atoms with E-state index in [9.17, 15) is 9.59 Å². The first kappa shape index (κ1) is 12.2. The number of nitrogens with zero attached hydrogens (tertiary/aromatic N) is 1. The Morgan fingerprint density at radius 1 is 1.47 bits per heavy atom. The van der Waals surface area contributed by atoms with Crippen LogP contribution in [0.5, 0.6) is 0 Å². The van der Waals surface area contributed by atoms with E-state index in [0.29, 0.717) is 5.01 Å². The van der Waals surface area contributed by atoms with E-state index < -0.39 is 11.6 Å². The third-order valence-electron chi connectivity index (χ3n) is 3.09. The molecule has 1 aromatic heterocycles. The van der Waals surface area contributed by atoms with E-state index in [1.807, 2.05) is 0 Å². The zero-order valence-electron chi connectivity index (χ0n) is 9.65. The van der Waals surface area contributed by atoms with Gasteiger partial charge in [0, 0.05) is 14.0 Å². The number of carbonyl (C=O) groups is 2. The summed E-state index contributed by atoms with van der Waals surface area (Å²) in [6, 6.07) is 0. The number of carbonyl (C=O) groups excluding carboxylic acids is 1. The van der Waals surface area contributed by atoms with Crippen LogP contribution in [0.1, 0.15) is 51.4 Å². The van der Waals surface area contributed by atoms with Crippen LogP contribution in [0.4, 0.5) is 0 Å². The molecule has 0 saturated heterocycles. The minimum absolute atomic E-state index is 0.152. The van der Waals surface area contributed by atoms with Crippen molar-refractivity contribution in [3.8, 4) is 0 Å². The van der Waals surface area contributed by atoms with Gasteiger partial charge in [-0.25, -0.2) is 9.78 Å². The molecule has 0 amide bonds. The Labute approximate surface area is 102 Å². The summed E-state index contributed by atoms with van der Waals surface area (Å²) in [5.41, 5.74) is -0.622. The van der Waals surface area contributed by atoms with E-state index in [2.05, 4.69) is 4.98 Å². The van der Waals surface area contributed by atoms with Crippen LogP contribution in [0.15, 0.2) is 0 Å². The molecule has 0 unspecified atom stereocenters. The molecule has 0 aliphatic heterocycles. The van der Waals surface area contributed by atoms with Crippen LogP contribution in [-0.4, -0.2) is 29.0 Å². The summed E-state index contributed by atoms with van der Waals surface area (Å²) in [5, 5.41) is 9.61. The van der Waals surface area contributed by atoms with Gasteiger partial charge in [-0.3, -0.25) is 4.79 Å². The van der Waals surface area contributed by atoms with E-state index in [1.165, 1.54) is 6.92 Å². The molecule has 1 aliphatic carbocycles. The van der Waals surface area contributed by atoms with Gasteiger partial charge in [0.05, 0.1) is 0 Å². The lowest BCUT2D eigenvalue weighted by Gasteiger charge is -2.38. The highest BCUT2D eigenvalue weighted by molar-refractivity contribution is 7.14. The number of hydrogen-bond acceptors (Lipinski definition) is 5. The quantitative estimate of drug-likeness (QED) is 0.833. The number of hydrogen-bond donors (Lipinski definition) is 1. The number of rotatable bonds is 4. The zero-order chi connectivity index (χ0) is 12.6. The number of thiazole rings is 1. The summed E-state index contributed by atoms with van der Waals surface area (Å²) < 4.78 is 5.43. The minimum Gasteiger partial charge on any atom is -0.476 e. The second kappa shape index (κ2) is 4.19. The first-order valence-corrected chi connectivity index (χ1v) is 6.12. The van der Waals surface area contributed by atoms with E-state index >= 15 is 0 Å². The molecule has 17 heavy (non-hydrogen) atoms. The average Bonchev–Trinajstić information content (AvgIpc) is 2.62. The average molecular weight is 255 g/mol. The number of carboxylic acid groups (broad SMARTS) is 1. The number of carboxylic acids is 1. The minimum atomic E-state index is -1.16. The molecule has 2 rings (SSSR count). The van der Waals surface area contributed by atoms with Crippen LogP contribution in [0.2, 0.25) is 0 Å². The highest BCUT2D eigenvalue weighted by atomic mass is 32.1. The molecule has 0 atom stereocenters. The molecule has 6 heteroatoms. The van der Waals surface area contributed by atoms with Crippen LogP contribution >= 0.6 is 11.3 Å². The van der Waals surface area contributed by atoms with Crippen molar-refractivity contribution in [2.75, 3.05) is 7.11 Å². The first-order chi connectivity index (χ1) is 8.00. The van der Waals surface area contributed by atoms with Crippen molar-refractivity contribution in [2.24, 2.45) is 0 Å². The third-order valence-corrected chi connectivity index (χ3v) is 4.43. The SMILES string of the molecule is COC1(c2nc(C(=O)O)c(C(C)=O)s2)CCC1. The Bertz CT molecular complexity index is 439. The highest BCUT2D eigenvalue weighted by Gasteiger charge is 2.43. The van der Waals surface area contributed by atoms with Crippen LogP contribution in [0.25, 0.3) is 0 Å². The molecule has 1 fully saturated rings. The molecule has 1 aliphatic rings. The fourth-order valence-electron chi connectivity index (χ4n) is 1.90. The molecule has 1 heterocycles. The van der Waals surface area contributed by atoms with E-state index in [4.69, 9.17) is 9.84 Å². The Hall–Kier alpha value is -1.27. The van der Waals surface area contributed by atoms with E-state index in [1.54, 1.807) is 7.11 Å². The van der Waals surface area contributed by atoms with Gasteiger partial charge in [0.1, 0.15) is 15.5 Å². The van der Waals surface area contributed by atoms with Gasteiger partial charge in [0.25, 0.3) is 0 Å². The number of ether oxygens (including phenoxy) is 1. The second-order valence-electron chi connectivity index (χ2n) is 4.11. The molecule has 1 aromatic rings. The van der Waals surface area contributed by atoms with Crippen LogP contribution in [0.3, 0.4) is 0 Å². The van der Waals surface area contributed by atoms with Gasteiger partial charge >= 0.3 is 5.97 Å². The summed E-state index contributed by atoms with van der Waals surface area (Å²) in [4.78, 5) is 26.7. The highest BCUT2D eigenvalue weighted by Crippen LogP contribution is 2.46. The van der Waals surface area contributed by atoms with Crippen LogP contribution in [-0.2, 0) is 10.3 Å². The maximum atomic E-state index is 11.4. The lowest BCUT2D eigenvalue weighted by molar-refractivity contribution is -0.0779. The maximum Gasteiger partial charge on any atom is 0.356 e. The molecule has 0 radical (unpaired) electrons. The Balaban J connectivity index is 2.47. The maximum absolute atomic E-state index is 11.4. The van der Waals surface area contributed by atoms with Gasteiger partial charge in [-0.05, 0) is 19.3 Å². The summed E-state index contributed by atoms with van der Waals surface area (Å²) in [5.74, 6) is -1.43. The summed E-state index contributed by atoms with van der Waals surface area (Å²) in [7, 11) is 1.59. The summed E-state index contributed by atoms with van der Waals surface area (Å²) in [6.07, 6.45) is 2.69. The number of aromatic nitrogens is 1. The standard InChI is InChI=1S/C11H13NO4S/c1-6(13)8-7(9(14)15)12-10(17-8)11(16-2)4-3-5-11/h3-5H2,1-2H3,(H,14,15). The molecule has 92 valence electrons. The molecule has 0 spiro atoms. The van der Waals surface area contributed by atoms with Crippen molar-refractivity contribution in [1.82, 2.24) is 4.98 Å². The van der Waals surface area contributed by atoms with Crippen molar-refractivity contribution < 1.29 is 19.4 Å². The second-order valence-corrected chi connectivity index (χ2v) is 5.11. The third kappa shape index (κ3) is 1.87. The Kier molecular flexibility index (Phi) is 3.01. The molecule has 0 bridgehead atoms. The van der Waals surface area contributed by atoms with Crippen molar-refractivity contribution in [2.45, 2.75) is 31.8 Å². The predicted molar refractivity (Wildman–Crippen MR) is 61.6 cm³/mol. The van der Waals surface area contributed by atoms with E-state index in [0.717, 1.165) is 30.6 Å². The molecular formula is C11H13NO4S. The topological polar surface area (TPSA) is 76.5 Å².